The van der Waals surface area contributed by atoms with Gasteiger partial charge < -0.3 is 14.7 Å². The van der Waals surface area contributed by atoms with Crippen LogP contribution in [0, 0.1) is 11.2 Å². The fourth-order valence-corrected chi connectivity index (χ4v) is 3.42. The summed E-state index contributed by atoms with van der Waals surface area (Å²) in [5.41, 5.74) is -0.709. The van der Waals surface area contributed by atoms with Gasteiger partial charge in [-0.05, 0) is 37.3 Å². The molecule has 1 aliphatic heterocycles. The second-order valence-corrected chi connectivity index (χ2v) is 6.55. The molecule has 1 atom stereocenters. The molecule has 0 spiro atoms. The summed E-state index contributed by atoms with van der Waals surface area (Å²) in [5.74, 6) is -1.60. The quantitative estimate of drug-likeness (QED) is 0.834. The van der Waals surface area contributed by atoms with Gasteiger partial charge in [-0.3, -0.25) is 9.59 Å². The minimum atomic E-state index is -1.08. The molecule has 1 N–H and O–H groups in total. The number of ether oxygens (including phenoxy) is 1. The maximum atomic E-state index is 13.6. The topological polar surface area (TPSA) is 66.8 Å². The van der Waals surface area contributed by atoms with Gasteiger partial charge in [-0.2, -0.15) is 0 Å². The standard InChI is InChI=1S/C16H20FNO4S/c1-22-10-16(15(20)21)6-3-7-18(9-16)14(19)11-4-5-12(17)13(8-11)23-2/h4-5,8H,3,6-7,9-10H2,1-2H3,(H,20,21). The van der Waals surface area contributed by atoms with Crippen molar-refractivity contribution in [2.45, 2.75) is 17.7 Å². The van der Waals surface area contributed by atoms with Gasteiger partial charge in [-0.1, -0.05) is 0 Å². The van der Waals surface area contributed by atoms with Crippen molar-refractivity contribution in [2.75, 3.05) is 33.1 Å². The van der Waals surface area contributed by atoms with E-state index in [1.54, 1.807) is 6.26 Å². The number of likely N-dealkylation sites (tertiary alicyclic amines) is 1. The summed E-state index contributed by atoms with van der Waals surface area (Å²) in [4.78, 5) is 26.2. The van der Waals surface area contributed by atoms with Crippen LogP contribution in [0.1, 0.15) is 23.2 Å². The van der Waals surface area contributed by atoms with Gasteiger partial charge in [0.05, 0.1) is 6.61 Å². The largest absolute Gasteiger partial charge is 0.481 e. The van der Waals surface area contributed by atoms with Crippen molar-refractivity contribution in [3.63, 3.8) is 0 Å². The van der Waals surface area contributed by atoms with Crippen LogP contribution in [0.3, 0.4) is 0 Å². The molecule has 1 unspecified atom stereocenters. The molecule has 1 saturated heterocycles. The van der Waals surface area contributed by atoms with Crippen LogP contribution in [0.5, 0.6) is 0 Å². The summed E-state index contributed by atoms with van der Waals surface area (Å²) in [6, 6.07) is 4.21. The first-order valence-electron chi connectivity index (χ1n) is 7.28. The molecule has 5 nitrogen and oxygen atoms in total. The number of carboxylic acids is 1. The molecule has 1 amide bonds. The highest BCUT2D eigenvalue weighted by Gasteiger charge is 2.44. The number of benzene rings is 1. The predicted molar refractivity (Wildman–Crippen MR) is 85.3 cm³/mol. The zero-order chi connectivity index (χ0) is 17.0. The number of piperidine rings is 1. The molecule has 1 fully saturated rings. The van der Waals surface area contributed by atoms with Crippen LogP contribution in [-0.2, 0) is 9.53 Å². The lowest BCUT2D eigenvalue weighted by molar-refractivity contribution is -0.155. The van der Waals surface area contributed by atoms with E-state index in [4.69, 9.17) is 4.74 Å². The average Bonchev–Trinajstić information content (AvgIpc) is 2.55. The van der Waals surface area contributed by atoms with Crippen LogP contribution >= 0.6 is 11.8 Å². The Morgan fingerprint density at radius 1 is 1.48 bits per heavy atom. The number of nitrogens with zero attached hydrogens (tertiary/aromatic N) is 1. The normalized spacial score (nSPS) is 21.3. The number of carboxylic acid groups (broad SMARTS) is 1. The van der Waals surface area contributed by atoms with Crippen molar-refractivity contribution < 1.29 is 23.8 Å². The number of thioether (sulfide) groups is 1. The monoisotopic (exact) mass is 341 g/mol. The summed E-state index contributed by atoms with van der Waals surface area (Å²) in [5, 5.41) is 9.54. The van der Waals surface area contributed by atoms with Crippen LogP contribution < -0.4 is 0 Å². The lowest BCUT2D eigenvalue weighted by atomic mass is 9.80. The Hall–Kier alpha value is -1.60. The SMILES string of the molecule is COCC1(C(=O)O)CCCN(C(=O)c2ccc(F)c(SC)c2)C1. The molecule has 0 aromatic heterocycles. The number of rotatable bonds is 5. The first-order chi connectivity index (χ1) is 10.9. The number of methoxy groups -OCH3 is 1. The van der Waals surface area contributed by atoms with Crippen molar-refractivity contribution in [1.82, 2.24) is 4.90 Å². The second kappa shape index (κ2) is 7.31. The van der Waals surface area contributed by atoms with Crippen LogP contribution in [0.4, 0.5) is 4.39 Å². The van der Waals surface area contributed by atoms with Gasteiger partial charge >= 0.3 is 5.97 Å². The van der Waals surface area contributed by atoms with Gasteiger partial charge in [0.1, 0.15) is 11.2 Å². The number of carbonyl (C=O) groups excluding carboxylic acids is 1. The Bertz CT molecular complexity index is 606. The molecule has 7 heteroatoms. The molecule has 2 rings (SSSR count). The van der Waals surface area contributed by atoms with Crippen molar-refractivity contribution in [3.8, 4) is 0 Å². The molecule has 1 aromatic rings. The first kappa shape index (κ1) is 17.7. The van der Waals surface area contributed by atoms with Crippen molar-refractivity contribution in [2.24, 2.45) is 5.41 Å². The Labute approximate surface area is 138 Å². The molecule has 1 aliphatic rings. The third kappa shape index (κ3) is 3.67. The van der Waals surface area contributed by atoms with E-state index in [9.17, 15) is 19.1 Å². The van der Waals surface area contributed by atoms with Crippen LogP contribution in [0.25, 0.3) is 0 Å². The predicted octanol–water partition coefficient (Wildman–Crippen LogP) is 2.50. The van der Waals surface area contributed by atoms with Gasteiger partial charge in [-0.25, -0.2) is 4.39 Å². The smallest absolute Gasteiger partial charge is 0.313 e. The Morgan fingerprint density at radius 3 is 2.83 bits per heavy atom. The van der Waals surface area contributed by atoms with E-state index in [2.05, 4.69) is 0 Å². The minimum absolute atomic E-state index is 0.0611. The van der Waals surface area contributed by atoms with Crippen molar-refractivity contribution in [1.29, 1.82) is 0 Å². The summed E-state index contributed by atoms with van der Waals surface area (Å²) in [6.07, 6.45) is 2.80. The fourth-order valence-electron chi connectivity index (χ4n) is 2.91. The van der Waals surface area contributed by atoms with E-state index in [-0.39, 0.29) is 24.9 Å². The maximum absolute atomic E-state index is 13.6. The molecule has 0 aliphatic carbocycles. The zero-order valence-corrected chi connectivity index (χ0v) is 14.0. The van der Waals surface area contributed by atoms with Gasteiger partial charge in [0.15, 0.2) is 0 Å². The minimum Gasteiger partial charge on any atom is -0.481 e. The second-order valence-electron chi connectivity index (χ2n) is 5.70. The van der Waals surface area contributed by atoms with Crippen molar-refractivity contribution in [3.05, 3.63) is 29.6 Å². The molecule has 1 heterocycles. The average molecular weight is 341 g/mol. The molecule has 0 radical (unpaired) electrons. The van der Waals surface area contributed by atoms with Gasteiger partial charge in [0, 0.05) is 30.7 Å². The number of carbonyl (C=O) groups is 2. The summed E-state index contributed by atoms with van der Waals surface area (Å²) >= 11 is 1.23. The number of halogens is 1. The lowest BCUT2D eigenvalue weighted by Gasteiger charge is -2.39. The third-order valence-corrected chi connectivity index (χ3v) is 4.89. The Morgan fingerprint density at radius 2 is 2.22 bits per heavy atom. The molecular weight excluding hydrogens is 321 g/mol. The summed E-state index contributed by atoms with van der Waals surface area (Å²) in [7, 11) is 1.45. The summed E-state index contributed by atoms with van der Waals surface area (Å²) in [6.45, 7) is 0.649. The molecule has 0 bridgehead atoms. The fraction of sp³-hybridized carbons (Fsp3) is 0.500. The van der Waals surface area contributed by atoms with Gasteiger partial charge in [-0.15, -0.1) is 11.8 Å². The third-order valence-electron chi connectivity index (χ3n) is 4.14. The van der Waals surface area contributed by atoms with Crippen molar-refractivity contribution >= 4 is 23.6 Å². The van der Waals surface area contributed by atoms with E-state index in [0.717, 1.165) is 0 Å². The highest BCUT2D eigenvalue weighted by Crippen LogP contribution is 2.32. The highest BCUT2D eigenvalue weighted by atomic mass is 32.2. The van der Waals surface area contributed by atoms with E-state index in [1.165, 1.54) is 42.0 Å². The van der Waals surface area contributed by atoms with Crippen LogP contribution in [0.15, 0.2) is 23.1 Å². The number of aliphatic carboxylic acids is 1. The summed E-state index contributed by atoms with van der Waals surface area (Å²) < 4.78 is 18.6. The first-order valence-corrected chi connectivity index (χ1v) is 8.51. The van der Waals surface area contributed by atoms with E-state index in [0.29, 0.717) is 29.8 Å². The van der Waals surface area contributed by atoms with E-state index >= 15 is 0 Å². The van der Waals surface area contributed by atoms with Gasteiger partial charge in [0.25, 0.3) is 5.91 Å². The number of hydrogen-bond acceptors (Lipinski definition) is 4. The van der Waals surface area contributed by atoms with Crippen LogP contribution in [0.2, 0.25) is 0 Å². The highest BCUT2D eigenvalue weighted by molar-refractivity contribution is 7.98. The Balaban J connectivity index is 2.23. The zero-order valence-electron chi connectivity index (χ0n) is 13.2. The maximum Gasteiger partial charge on any atom is 0.313 e. The van der Waals surface area contributed by atoms with Gasteiger partial charge in [0.2, 0.25) is 0 Å². The number of hydrogen-bond donors (Lipinski definition) is 1. The lowest BCUT2D eigenvalue weighted by Crippen LogP contribution is -2.52. The molecule has 0 saturated carbocycles. The molecular formula is C16H20FNO4S. The molecule has 23 heavy (non-hydrogen) atoms. The van der Waals surface area contributed by atoms with E-state index in [1.807, 2.05) is 0 Å². The Kier molecular flexibility index (Phi) is 5.64. The van der Waals surface area contributed by atoms with Crippen LogP contribution in [-0.4, -0.2) is 54.9 Å². The number of amides is 1. The molecule has 126 valence electrons. The van der Waals surface area contributed by atoms with E-state index < -0.39 is 11.4 Å². The molecule has 1 aromatic carbocycles.